The largest absolute Gasteiger partial charge is 0.411 e. The molecular formula is C12H11N3O3. The van der Waals surface area contributed by atoms with Gasteiger partial charge < -0.3 is 10.2 Å². The fourth-order valence-corrected chi connectivity index (χ4v) is 2.51. The second kappa shape index (κ2) is 3.83. The number of aryl methyl sites for hydroxylation is 1. The molecule has 0 unspecified atom stereocenters. The Balaban J connectivity index is 2.27. The van der Waals surface area contributed by atoms with Crippen LogP contribution >= 0.6 is 0 Å². The molecule has 6 heteroatoms. The molecule has 2 aromatic rings. The van der Waals surface area contributed by atoms with Gasteiger partial charge in [0.2, 0.25) is 0 Å². The van der Waals surface area contributed by atoms with E-state index in [1.165, 1.54) is 6.07 Å². The highest BCUT2D eigenvalue weighted by molar-refractivity contribution is 6.06. The van der Waals surface area contributed by atoms with Gasteiger partial charge in [-0.2, -0.15) is 0 Å². The van der Waals surface area contributed by atoms with Crippen LogP contribution in [0.3, 0.4) is 0 Å². The van der Waals surface area contributed by atoms with E-state index in [0.29, 0.717) is 5.71 Å². The first-order chi connectivity index (χ1) is 8.70. The smallest absolute Gasteiger partial charge is 0.270 e. The van der Waals surface area contributed by atoms with Crippen molar-refractivity contribution in [1.82, 2.24) is 4.98 Å². The molecule has 18 heavy (non-hydrogen) atoms. The molecule has 0 amide bonds. The van der Waals surface area contributed by atoms with Gasteiger partial charge >= 0.3 is 0 Å². The van der Waals surface area contributed by atoms with Gasteiger partial charge in [0, 0.05) is 23.0 Å². The Morgan fingerprint density at radius 2 is 2.22 bits per heavy atom. The monoisotopic (exact) mass is 245 g/mol. The molecule has 2 N–H and O–H groups in total. The van der Waals surface area contributed by atoms with Gasteiger partial charge in [-0.1, -0.05) is 5.16 Å². The van der Waals surface area contributed by atoms with Crippen LogP contribution in [0.25, 0.3) is 10.9 Å². The van der Waals surface area contributed by atoms with Gasteiger partial charge in [-0.15, -0.1) is 0 Å². The number of nitrogens with zero attached hydrogens (tertiary/aromatic N) is 2. The standard InChI is InChI=1S/C12H11N3O3/c16-14-11-3-1-2-8-9-6-7(15(17)18)4-5-10(9)13-12(8)11/h4-6,13,16H,1-3H2/b14-11+. The van der Waals surface area contributed by atoms with Crippen molar-refractivity contribution >= 4 is 22.3 Å². The summed E-state index contributed by atoms with van der Waals surface area (Å²) >= 11 is 0. The molecule has 0 spiro atoms. The Kier molecular flexibility index (Phi) is 2.29. The van der Waals surface area contributed by atoms with Gasteiger partial charge in [0.25, 0.3) is 5.69 Å². The highest BCUT2D eigenvalue weighted by Crippen LogP contribution is 2.31. The fourth-order valence-electron chi connectivity index (χ4n) is 2.51. The van der Waals surface area contributed by atoms with E-state index >= 15 is 0 Å². The van der Waals surface area contributed by atoms with E-state index in [0.717, 1.165) is 41.4 Å². The van der Waals surface area contributed by atoms with Crippen LogP contribution in [0.1, 0.15) is 24.1 Å². The SMILES string of the molecule is O=[N+]([O-])c1ccc2[nH]c3c(c2c1)CCC/C3=N\O. The molecule has 3 rings (SSSR count). The number of non-ortho nitro benzene ring substituents is 1. The molecule has 0 atom stereocenters. The van der Waals surface area contributed by atoms with Gasteiger partial charge in [0.1, 0.15) is 5.71 Å². The average Bonchev–Trinajstić information content (AvgIpc) is 2.76. The lowest BCUT2D eigenvalue weighted by Crippen LogP contribution is -2.10. The van der Waals surface area contributed by atoms with Crippen LogP contribution < -0.4 is 0 Å². The van der Waals surface area contributed by atoms with Gasteiger partial charge in [0.05, 0.1) is 10.6 Å². The number of aromatic amines is 1. The highest BCUT2D eigenvalue weighted by Gasteiger charge is 2.22. The summed E-state index contributed by atoms with van der Waals surface area (Å²) in [6, 6.07) is 4.74. The third kappa shape index (κ3) is 1.46. The fraction of sp³-hybridized carbons (Fsp3) is 0.250. The topological polar surface area (TPSA) is 91.5 Å². The maximum atomic E-state index is 10.8. The zero-order chi connectivity index (χ0) is 12.7. The van der Waals surface area contributed by atoms with Crippen LogP contribution in [0.5, 0.6) is 0 Å². The predicted octanol–water partition coefficient (Wildman–Crippen LogP) is 2.59. The average molecular weight is 245 g/mol. The Labute approximate surface area is 102 Å². The maximum Gasteiger partial charge on any atom is 0.270 e. The number of nitrogens with one attached hydrogen (secondary N) is 1. The van der Waals surface area contributed by atoms with E-state index in [4.69, 9.17) is 5.21 Å². The number of aromatic nitrogens is 1. The number of benzene rings is 1. The Morgan fingerprint density at radius 3 is 2.94 bits per heavy atom. The molecule has 1 aromatic heterocycles. The summed E-state index contributed by atoms with van der Waals surface area (Å²) in [7, 11) is 0. The first-order valence-corrected chi connectivity index (χ1v) is 5.71. The van der Waals surface area contributed by atoms with Gasteiger partial charge in [-0.3, -0.25) is 10.1 Å². The maximum absolute atomic E-state index is 10.8. The van der Waals surface area contributed by atoms with Crippen molar-refractivity contribution in [3.05, 3.63) is 39.6 Å². The lowest BCUT2D eigenvalue weighted by molar-refractivity contribution is -0.384. The van der Waals surface area contributed by atoms with E-state index < -0.39 is 4.92 Å². The number of hydrogen-bond donors (Lipinski definition) is 2. The van der Waals surface area contributed by atoms with Gasteiger partial charge in [0.15, 0.2) is 0 Å². The van der Waals surface area contributed by atoms with Crippen LogP contribution in [0.15, 0.2) is 23.4 Å². The molecule has 1 aromatic carbocycles. The van der Waals surface area contributed by atoms with Crippen LogP contribution in [-0.2, 0) is 6.42 Å². The molecule has 0 radical (unpaired) electrons. The van der Waals surface area contributed by atoms with Crippen LogP contribution in [0.4, 0.5) is 5.69 Å². The summed E-state index contributed by atoms with van der Waals surface area (Å²) in [5.74, 6) is 0. The molecule has 6 nitrogen and oxygen atoms in total. The molecule has 0 aliphatic heterocycles. The molecule has 0 saturated heterocycles. The molecule has 1 aliphatic rings. The number of oxime groups is 1. The predicted molar refractivity (Wildman–Crippen MR) is 66.2 cm³/mol. The van der Waals surface area contributed by atoms with E-state index in [-0.39, 0.29) is 5.69 Å². The normalized spacial score (nSPS) is 17.0. The molecule has 0 saturated carbocycles. The summed E-state index contributed by atoms with van der Waals surface area (Å²) in [6.45, 7) is 0. The summed E-state index contributed by atoms with van der Waals surface area (Å²) < 4.78 is 0. The molecule has 92 valence electrons. The van der Waals surface area contributed by atoms with E-state index in [1.54, 1.807) is 12.1 Å². The van der Waals surface area contributed by atoms with Crippen molar-refractivity contribution in [1.29, 1.82) is 0 Å². The van der Waals surface area contributed by atoms with Crippen LogP contribution in [0.2, 0.25) is 0 Å². The number of rotatable bonds is 1. The quantitative estimate of drug-likeness (QED) is 0.459. The van der Waals surface area contributed by atoms with Crippen molar-refractivity contribution in [3.63, 3.8) is 0 Å². The molecule has 1 aliphatic carbocycles. The Hall–Kier alpha value is -2.37. The summed E-state index contributed by atoms with van der Waals surface area (Å²) in [5.41, 5.74) is 3.35. The third-order valence-electron chi connectivity index (χ3n) is 3.35. The number of H-pyrrole nitrogens is 1. The third-order valence-corrected chi connectivity index (χ3v) is 3.35. The van der Waals surface area contributed by atoms with Crippen LogP contribution in [0, 0.1) is 10.1 Å². The van der Waals surface area contributed by atoms with Crippen molar-refractivity contribution in [2.24, 2.45) is 5.16 Å². The van der Waals surface area contributed by atoms with Crippen molar-refractivity contribution in [2.45, 2.75) is 19.3 Å². The first-order valence-electron chi connectivity index (χ1n) is 5.71. The molecule has 0 bridgehead atoms. The van der Waals surface area contributed by atoms with Crippen molar-refractivity contribution in [3.8, 4) is 0 Å². The molecular weight excluding hydrogens is 234 g/mol. The lowest BCUT2D eigenvalue weighted by Gasteiger charge is -2.12. The number of nitro groups is 1. The minimum absolute atomic E-state index is 0.0809. The van der Waals surface area contributed by atoms with Crippen molar-refractivity contribution in [2.75, 3.05) is 0 Å². The van der Waals surface area contributed by atoms with Crippen molar-refractivity contribution < 1.29 is 10.1 Å². The number of hydrogen-bond acceptors (Lipinski definition) is 4. The zero-order valence-electron chi connectivity index (χ0n) is 9.51. The van der Waals surface area contributed by atoms with E-state index in [2.05, 4.69) is 10.1 Å². The Bertz CT molecular complexity index is 673. The second-order valence-corrected chi connectivity index (χ2v) is 4.37. The minimum atomic E-state index is -0.400. The minimum Gasteiger partial charge on any atom is -0.411 e. The van der Waals surface area contributed by atoms with E-state index in [1.807, 2.05) is 0 Å². The van der Waals surface area contributed by atoms with E-state index in [9.17, 15) is 10.1 Å². The lowest BCUT2D eigenvalue weighted by atomic mass is 9.94. The summed E-state index contributed by atoms with van der Waals surface area (Å²) in [6.07, 6.45) is 2.45. The number of nitro benzene ring substituents is 1. The van der Waals surface area contributed by atoms with Crippen LogP contribution in [-0.4, -0.2) is 20.8 Å². The summed E-state index contributed by atoms with van der Waals surface area (Å²) in [4.78, 5) is 13.6. The Morgan fingerprint density at radius 1 is 1.39 bits per heavy atom. The van der Waals surface area contributed by atoms with Gasteiger partial charge in [-0.05, 0) is 30.9 Å². The molecule has 0 fully saturated rings. The second-order valence-electron chi connectivity index (χ2n) is 4.37. The summed E-state index contributed by atoms with van der Waals surface area (Å²) in [5, 5.41) is 23.9. The zero-order valence-corrected chi connectivity index (χ0v) is 9.51. The first kappa shape index (κ1) is 10.8. The highest BCUT2D eigenvalue weighted by atomic mass is 16.6. The van der Waals surface area contributed by atoms with Gasteiger partial charge in [-0.25, -0.2) is 0 Å². The number of fused-ring (bicyclic) bond motifs is 3. The molecule has 1 heterocycles.